The van der Waals surface area contributed by atoms with Crippen molar-refractivity contribution >= 4 is 5.69 Å². The Kier molecular flexibility index (Phi) is 4.60. The predicted octanol–water partition coefficient (Wildman–Crippen LogP) is 3.79. The van der Waals surface area contributed by atoms with Gasteiger partial charge in [-0.15, -0.1) is 10.2 Å². The Bertz CT molecular complexity index is 879. The molecule has 8 heteroatoms. The van der Waals surface area contributed by atoms with Crippen LogP contribution in [0.15, 0.2) is 52.9 Å². The standard InChI is InChI=1S/C17H15N3O5/c1-11(16-18-19-17(25-16)12-6-4-3-5-7-12)24-15-9-8-13(23-2)10-14(15)20(21)22/h3-11H,1-2H3/t11-/m1/s1. The van der Waals surface area contributed by atoms with Gasteiger partial charge in [-0.25, -0.2) is 0 Å². The number of benzene rings is 2. The van der Waals surface area contributed by atoms with Gasteiger partial charge in [0.2, 0.25) is 5.89 Å². The minimum Gasteiger partial charge on any atom is -0.496 e. The van der Waals surface area contributed by atoms with E-state index in [1.807, 2.05) is 30.3 Å². The highest BCUT2D eigenvalue weighted by molar-refractivity contribution is 5.52. The van der Waals surface area contributed by atoms with Gasteiger partial charge in [-0.2, -0.15) is 0 Å². The summed E-state index contributed by atoms with van der Waals surface area (Å²) in [5.74, 6) is 1.05. The first-order chi connectivity index (χ1) is 12.1. The molecule has 0 aliphatic heterocycles. The Hall–Kier alpha value is -3.42. The van der Waals surface area contributed by atoms with E-state index in [0.29, 0.717) is 11.6 Å². The summed E-state index contributed by atoms with van der Waals surface area (Å²) in [5, 5.41) is 19.2. The number of methoxy groups -OCH3 is 1. The summed E-state index contributed by atoms with van der Waals surface area (Å²) in [6.45, 7) is 1.68. The van der Waals surface area contributed by atoms with E-state index in [2.05, 4.69) is 10.2 Å². The molecule has 0 aliphatic rings. The van der Waals surface area contributed by atoms with Crippen LogP contribution in [0.3, 0.4) is 0 Å². The number of hydrogen-bond donors (Lipinski definition) is 0. The molecule has 0 bridgehead atoms. The average molecular weight is 341 g/mol. The van der Waals surface area contributed by atoms with E-state index in [-0.39, 0.29) is 17.3 Å². The lowest BCUT2D eigenvalue weighted by atomic mass is 10.2. The van der Waals surface area contributed by atoms with Crippen molar-refractivity contribution in [2.45, 2.75) is 13.0 Å². The molecule has 0 radical (unpaired) electrons. The number of nitro benzene ring substituents is 1. The van der Waals surface area contributed by atoms with E-state index >= 15 is 0 Å². The third-order valence-corrected chi connectivity index (χ3v) is 3.48. The first-order valence-corrected chi connectivity index (χ1v) is 7.46. The van der Waals surface area contributed by atoms with E-state index in [1.54, 1.807) is 13.0 Å². The minimum atomic E-state index is -0.656. The Morgan fingerprint density at radius 1 is 1.16 bits per heavy atom. The third kappa shape index (κ3) is 3.57. The minimum absolute atomic E-state index is 0.0951. The molecule has 0 amide bonds. The monoisotopic (exact) mass is 341 g/mol. The quantitative estimate of drug-likeness (QED) is 0.496. The van der Waals surface area contributed by atoms with Crippen LogP contribution >= 0.6 is 0 Å². The molecule has 8 nitrogen and oxygen atoms in total. The fraction of sp³-hybridized carbons (Fsp3) is 0.176. The van der Waals surface area contributed by atoms with Gasteiger partial charge in [0.1, 0.15) is 5.75 Å². The van der Waals surface area contributed by atoms with E-state index in [4.69, 9.17) is 13.9 Å². The van der Waals surface area contributed by atoms with Gasteiger partial charge in [0.15, 0.2) is 11.9 Å². The highest BCUT2D eigenvalue weighted by atomic mass is 16.6. The zero-order chi connectivity index (χ0) is 17.8. The van der Waals surface area contributed by atoms with Crippen molar-refractivity contribution in [3.8, 4) is 23.0 Å². The maximum absolute atomic E-state index is 11.2. The van der Waals surface area contributed by atoms with Gasteiger partial charge >= 0.3 is 5.69 Å². The number of ether oxygens (including phenoxy) is 2. The van der Waals surface area contributed by atoms with Crippen LogP contribution in [0.2, 0.25) is 0 Å². The van der Waals surface area contributed by atoms with Gasteiger partial charge in [0, 0.05) is 5.56 Å². The van der Waals surface area contributed by atoms with Crippen molar-refractivity contribution in [3.05, 3.63) is 64.5 Å². The molecule has 1 heterocycles. The van der Waals surface area contributed by atoms with Crippen LogP contribution < -0.4 is 9.47 Å². The van der Waals surface area contributed by atoms with Gasteiger partial charge in [0.05, 0.1) is 18.1 Å². The van der Waals surface area contributed by atoms with Crippen molar-refractivity contribution in [1.29, 1.82) is 0 Å². The average Bonchev–Trinajstić information content (AvgIpc) is 3.13. The van der Waals surface area contributed by atoms with E-state index in [9.17, 15) is 10.1 Å². The molecule has 0 aliphatic carbocycles. The largest absolute Gasteiger partial charge is 0.496 e. The molecule has 128 valence electrons. The molecule has 3 aromatic rings. The first-order valence-electron chi connectivity index (χ1n) is 7.46. The summed E-state index contributed by atoms with van der Waals surface area (Å²) in [4.78, 5) is 10.7. The normalized spacial score (nSPS) is 11.8. The Labute approximate surface area is 143 Å². The summed E-state index contributed by atoms with van der Waals surface area (Å²) in [6, 6.07) is 13.6. The van der Waals surface area contributed by atoms with Crippen molar-refractivity contribution in [2.75, 3.05) is 7.11 Å². The fourth-order valence-corrected chi connectivity index (χ4v) is 2.20. The lowest BCUT2D eigenvalue weighted by molar-refractivity contribution is -0.386. The second-order valence-corrected chi connectivity index (χ2v) is 5.16. The number of nitrogens with zero attached hydrogens (tertiary/aromatic N) is 3. The third-order valence-electron chi connectivity index (χ3n) is 3.48. The second-order valence-electron chi connectivity index (χ2n) is 5.16. The molecular weight excluding hydrogens is 326 g/mol. The van der Waals surface area contributed by atoms with Crippen LogP contribution in [0.25, 0.3) is 11.5 Å². The summed E-state index contributed by atoms with van der Waals surface area (Å²) >= 11 is 0. The molecule has 2 aromatic carbocycles. The van der Waals surface area contributed by atoms with Crippen molar-refractivity contribution < 1.29 is 18.8 Å². The van der Waals surface area contributed by atoms with Crippen molar-refractivity contribution in [2.24, 2.45) is 0 Å². The van der Waals surface area contributed by atoms with Crippen molar-refractivity contribution in [3.63, 3.8) is 0 Å². The van der Waals surface area contributed by atoms with Gasteiger partial charge in [-0.05, 0) is 31.2 Å². The molecule has 0 spiro atoms. The maximum atomic E-state index is 11.2. The fourth-order valence-electron chi connectivity index (χ4n) is 2.20. The van der Waals surface area contributed by atoms with Gasteiger partial charge in [0.25, 0.3) is 5.89 Å². The second kappa shape index (κ2) is 7.00. The molecule has 0 fully saturated rings. The van der Waals surface area contributed by atoms with Crippen LogP contribution in [-0.2, 0) is 0 Å². The SMILES string of the molecule is COc1ccc(O[C@H](C)c2nnc(-c3ccccc3)o2)c([N+](=O)[O-])c1. The highest BCUT2D eigenvalue weighted by Crippen LogP contribution is 2.34. The number of rotatable bonds is 6. The molecular formula is C17H15N3O5. The predicted molar refractivity (Wildman–Crippen MR) is 88.4 cm³/mol. The Morgan fingerprint density at radius 3 is 2.60 bits per heavy atom. The zero-order valence-corrected chi connectivity index (χ0v) is 13.6. The lowest BCUT2D eigenvalue weighted by Gasteiger charge is -2.11. The van der Waals surface area contributed by atoms with E-state index in [0.717, 1.165) is 5.56 Å². The lowest BCUT2D eigenvalue weighted by Crippen LogP contribution is -2.05. The summed E-state index contributed by atoms with van der Waals surface area (Å²) in [6.07, 6.45) is -0.656. The molecule has 0 N–H and O–H groups in total. The van der Waals surface area contributed by atoms with Crippen LogP contribution in [-0.4, -0.2) is 22.2 Å². The topological polar surface area (TPSA) is 101 Å². The molecule has 1 aromatic heterocycles. The highest BCUT2D eigenvalue weighted by Gasteiger charge is 2.22. The van der Waals surface area contributed by atoms with Gasteiger partial charge < -0.3 is 13.9 Å². The summed E-state index contributed by atoms with van der Waals surface area (Å²) in [5.41, 5.74) is 0.581. The molecule has 0 saturated heterocycles. The number of aromatic nitrogens is 2. The van der Waals surface area contributed by atoms with E-state index < -0.39 is 11.0 Å². The summed E-state index contributed by atoms with van der Waals surface area (Å²) < 4.78 is 16.3. The van der Waals surface area contributed by atoms with Gasteiger partial charge in [-0.1, -0.05) is 18.2 Å². The first kappa shape index (κ1) is 16.4. The zero-order valence-electron chi connectivity index (χ0n) is 13.6. The van der Waals surface area contributed by atoms with Crippen LogP contribution in [0, 0.1) is 10.1 Å². The van der Waals surface area contributed by atoms with Crippen LogP contribution in [0.5, 0.6) is 11.5 Å². The van der Waals surface area contributed by atoms with E-state index in [1.165, 1.54) is 19.2 Å². The van der Waals surface area contributed by atoms with Gasteiger partial charge in [-0.3, -0.25) is 10.1 Å². The Morgan fingerprint density at radius 2 is 1.92 bits per heavy atom. The smallest absolute Gasteiger partial charge is 0.314 e. The molecule has 1 atom stereocenters. The molecule has 0 saturated carbocycles. The Balaban J connectivity index is 1.82. The maximum Gasteiger partial charge on any atom is 0.314 e. The van der Waals surface area contributed by atoms with Crippen LogP contribution in [0.4, 0.5) is 5.69 Å². The summed E-state index contributed by atoms with van der Waals surface area (Å²) in [7, 11) is 1.44. The number of nitro groups is 1. The van der Waals surface area contributed by atoms with Crippen molar-refractivity contribution in [1.82, 2.24) is 10.2 Å². The molecule has 0 unspecified atom stereocenters. The van der Waals surface area contributed by atoms with Crippen LogP contribution in [0.1, 0.15) is 18.9 Å². The molecule has 3 rings (SSSR count). The molecule has 25 heavy (non-hydrogen) atoms. The number of hydrogen-bond acceptors (Lipinski definition) is 7.